The molecule has 1 unspecified atom stereocenters. The average molecular weight is 461 g/mol. The molecular formula is C19H32IN3O2. The summed E-state index contributed by atoms with van der Waals surface area (Å²) in [6.45, 7) is 7.22. The van der Waals surface area contributed by atoms with Gasteiger partial charge in [0.05, 0.1) is 13.2 Å². The minimum absolute atomic E-state index is 0. The van der Waals surface area contributed by atoms with Crippen LogP contribution < -0.4 is 10.6 Å². The van der Waals surface area contributed by atoms with Crippen LogP contribution in [0.3, 0.4) is 0 Å². The predicted octanol–water partition coefficient (Wildman–Crippen LogP) is 2.76. The van der Waals surface area contributed by atoms with Crippen molar-refractivity contribution in [2.45, 2.75) is 26.2 Å². The van der Waals surface area contributed by atoms with Crippen molar-refractivity contribution in [3.05, 3.63) is 35.4 Å². The highest BCUT2D eigenvalue weighted by Gasteiger charge is 2.15. The summed E-state index contributed by atoms with van der Waals surface area (Å²) in [6.07, 6.45) is 3.11. The fourth-order valence-corrected chi connectivity index (χ4v) is 2.76. The van der Waals surface area contributed by atoms with E-state index in [-0.39, 0.29) is 24.0 Å². The quantitative estimate of drug-likeness (QED) is 0.257. The zero-order valence-corrected chi connectivity index (χ0v) is 17.8. The van der Waals surface area contributed by atoms with E-state index in [1.54, 1.807) is 7.05 Å². The van der Waals surface area contributed by atoms with E-state index >= 15 is 0 Å². The second-order valence-corrected chi connectivity index (χ2v) is 6.32. The number of aryl methyl sites for hydroxylation is 1. The van der Waals surface area contributed by atoms with Gasteiger partial charge in [0.1, 0.15) is 0 Å². The molecule has 25 heavy (non-hydrogen) atoms. The van der Waals surface area contributed by atoms with Crippen molar-refractivity contribution in [3.8, 4) is 0 Å². The Morgan fingerprint density at radius 1 is 1.32 bits per heavy atom. The molecule has 0 spiro atoms. The van der Waals surface area contributed by atoms with Crippen molar-refractivity contribution in [1.29, 1.82) is 0 Å². The van der Waals surface area contributed by atoms with Crippen molar-refractivity contribution >= 4 is 29.9 Å². The van der Waals surface area contributed by atoms with Gasteiger partial charge in [-0.05, 0) is 31.7 Å². The maximum absolute atomic E-state index is 5.70. The molecule has 1 aromatic rings. The highest BCUT2D eigenvalue weighted by Crippen LogP contribution is 2.12. The minimum Gasteiger partial charge on any atom is -0.381 e. The maximum atomic E-state index is 5.70. The number of halogens is 1. The van der Waals surface area contributed by atoms with E-state index < -0.39 is 0 Å². The van der Waals surface area contributed by atoms with Crippen LogP contribution in [0.1, 0.15) is 24.0 Å². The fourth-order valence-electron chi connectivity index (χ4n) is 2.76. The van der Waals surface area contributed by atoms with Crippen molar-refractivity contribution < 1.29 is 9.47 Å². The van der Waals surface area contributed by atoms with Gasteiger partial charge in [-0.1, -0.05) is 29.8 Å². The van der Waals surface area contributed by atoms with Gasteiger partial charge in [-0.2, -0.15) is 0 Å². The van der Waals surface area contributed by atoms with E-state index in [0.29, 0.717) is 5.92 Å². The van der Waals surface area contributed by atoms with Gasteiger partial charge in [-0.25, -0.2) is 0 Å². The van der Waals surface area contributed by atoms with Gasteiger partial charge in [0, 0.05) is 39.3 Å². The number of rotatable bonds is 9. The Morgan fingerprint density at radius 3 is 2.88 bits per heavy atom. The van der Waals surface area contributed by atoms with Crippen LogP contribution in [0.5, 0.6) is 0 Å². The van der Waals surface area contributed by atoms with Crippen molar-refractivity contribution in [2.75, 3.05) is 46.6 Å². The third kappa shape index (κ3) is 9.42. The highest BCUT2D eigenvalue weighted by molar-refractivity contribution is 14.0. The molecule has 1 aromatic carbocycles. The normalized spacial score (nSPS) is 17.2. The van der Waals surface area contributed by atoms with Crippen LogP contribution in [0.2, 0.25) is 0 Å². The lowest BCUT2D eigenvalue weighted by Gasteiger charge is -2.13. The van der Waals surface area contributed by atoms with Crippen molar-refractivity contribution in [3.63, 3.8) is 0 Å². The number of nitrogens with zero attached hydrogens (tertiary/aromatic N) is 1. The SMILES string of the molecule is CN=C(NCCCOCC1CCOC1)NCCc1cccc(C)c1.I. The molecule has 0 amide bonds. The molecule has 1 saturated heterocycles. The Bertz CT molecular complexity index is 505. The largest absolute Gasteiger partial charge is 0.381 e. The summed E-state index contributed by atoms with van der Waals surface area (Å²) in [4.78, 5) is 4.25. The molecule has 2 rings (SSSR count). The van der Waals surface area contributed by atoms with Crippen LogP contribution >= 0.6 is 24.0 Å². The second-order valence-electron chi connectivity index (χ2n) is 6.32. The molecule has 2 N–H and O–H groups in total. The molecule has 0 aromatic heterocycles. The highest BCUT2D eigenvalue weighted by atomic mass is 127. The monoisotopic (exact) mass is 461 g/mol. The molecule has 1 aliphatic rings. The van der Waals surface area contributed by atoms with Crippen molar-refractivity contribution in [2.24, 2.45) is 10.9 Å². The van der Waals surface area contributed by atoms with E-state index in [2.05, 4.69) is 46.8 Å². The van der Waals surface area contributed by atoms with Crippen LogP contribution in [0, 0.1) is 12.8 Å². The fraction of sp³-hybridized carbons (Fsp3) is 0.632. The average Bonchev–Trinajstić information content (AvgIpc) is 3.09. The molecule has 0 bridgehead atoms. The van der Waals surface area contributed by atoms with Crippen molar-refractivity contribution in [1.82, 2.24) is 10.6 Å². The third-order valence-corrected chi connectivity index (χ3v) is 4.15. The molecule has 1 atom stereocenters. The summed E-state index contributed by atoms with van der Waals surface area (Å²) in [5, 5.41) is 6.68. The number of hydrogen-bond donors (Lipinski definition) is 2. The molecule has 0 saturated carbocycles. The van der Waals surface area contributed by atoms with Gasteiger partial charge in [0.15, 0.2) is 5.96 Å². The lowest BCUT2D eigenvalue weighted by Crippen LogP contribution is -2.39. The first kappa shape index (κ1) is 22.2. The number of ether oxygens (including phenoxy) is 2. The Labute approximate surface area is 169 Å². The predicted molar refractivity (Wildman–Crippen MR) is 114 cm³/mol. The van der Waals surface area contributed by atoms with Gasteiger partial charge in [0.25, 0.3) is 0 Å². The minimum atomic E-state index is 0. The molecule has 6 heteroatoms. The first-order chi connectivity index (χ1) is 11.8. The van der Waals surface area contributed by atoms with E-state index in [1.807, 2.05) is 0 Å². The number of guanidine groups is 1. The lowest BCUT2D eigenvalue weighted by molar-refractivity contribution is 0.0888. The molecule has 1 aliphatic heterocycles. The maximum Gasteiger partial charge on any atom is 0.190 e. The molecule has 0 aliphatic carbocycles. The van der Waals surface area contributed by atoms with Crippen LogP contribution in [-0.4, -0.2) is 52.5 Å². The van der Waals surface area contributed by atoms with Crippen LogP contribution in [0.25, 0.3) is 0 Å². The Kier molecular flexibility index (Phi) is 11.9. The summed E-state index contributed by atoms with van der Waals surface area (Å²) in [5.74, 6) is 1.45. The van der Waals surface area contributed by atoms with Gasteiger partial charge >= 0.3 is 0 Å². The topological polar surface area (TPSA) is 54.9 Å². The summed E-state index contributed by atoms with van der Waals surface area (Å²) >= 11 is 0. The molecule has 1 fully saturated rings. The van der Waals surface area contributed by atoms with E-state index in [1.165, 1.54) is 11.1 Å². The molecule has 1 heterocycles. The Balaban J connectivity index is 0.00000312. The summed E-state index contributed by atoms with van der Waals surface area (Å²) in [7, 11) is 1.80. The number of hydrogen-bond acceptors (Lipinski definition) is 3. The molecule has 0 radical (unpaired) electrons. The summed E-state index contributed by atoms with van der Waals surface area (Å²) < 4.78 is 11.0. The third-order valence-electron chi connectivity index (χ3n) is 4.15. The zero-order chi connectivity index (χ0) is 17.0. The van der Waals surface area contributed by atoms with Crippen LogP contribution in [-0.2, 0) is 15.9 Å². The first-order valence-electron chi connectivity index (χ1n) is 8.93. The molecule has 5 nitrogen and oxygen atoms in total. The number of nitrogens with one attached hydrogen (secondary N) is 2. The zero-order valence-electron chi connectivity index (χ0n) is 15.4. The smallest absolute Gasteiger partial charge is 0.190 e. The number of benzene rings is 1. The summed E-state index contributed by atoms with van der Waals surface area (Å²) in [6, 6.07) is 8.62. The van der Waals surface area contributed by atoms with E-state index in [0.717, 1.165) is 64.7 Å². The van der Waals surface area contributed by atoms with Gasteiger partial charge < -0.3 is 20.1 Å². The standard InChI is InChI=1S/C19H31N3O2.HI/c1-16-5-3-6-17(13-16)7-10-22-19(20-2)21-9-4-11-23-14-18-8-12-24-15-18;/h3,5-6,13,18H,4,7-12,14-15H2,1-2H3,(H2,20,21,22);1H. The molecule has 142 valence electrons. The Hall–Kier alpha value is -0.860. The summed E-state index contributed by atoms with van der Waals surface area (Å²) in [5.41, 5.74) is 2.65. The molecular weight excluding hydrogens is 429 g/mol. The van der Waals surface area contributed by atoms with Gasteiger partial charge in [-0.3, -0.25) is 4.99 Å². The second kappa shape index (κ2) is 13.4. The van der Waals surface area contributed by atoms with E-state index in [9.17, 15) is 0 Å². The number of aliphatic imine (C=N–C) groups is 1. The van der Waals surface area contributed by atoms with Gasteiger partial charge in [0.2, 0.25) is 0 Å². The lowest BCUT2D eigenvalue weighted by atomic mass is 10.1. The first-order valence-corrected chi connectivity index (χ1v) is 8.93. The van der Waals surface area contributed by atoms with Gasteiger partial charge in [-0.15, -0.1) is 24.0 Å². The Morgan fingerprint density at radius 2 is 2.16 bits per heavy atom. The van der Waals surface area contributed by atoms with E-state index in [4.69, 9.17) is 9.47 Å². The van der Waals surface area contributed by atoms with Crippen LogP contribution in [0.15, 0.2) is 29.3 Å². The van der Waals surface area contributed by atoms with Crippen LogP contribution in [0.4, 0.5) is 0 Å².